The standard InChI is InChI=1S/C10H19NO3/c11-6-9(12)10(13)14-7-8-4-2-1-3-5-8/h8-9,12H,1-7,11H2/t9-/m0/s1. The molecular weight excluding hydrogens is 182 g/mol. The monoisotopic (exact) mass is 201 g/mol. The Labute approximate surface area is 84.4 Å². The molecule has 1 atom stereocenters. The maximum Gasteiger partial charge on any atom is 0.336 e. The summed E-state index contributed by atoms with van der Waals surface area (Å²) in [6.07, 6.45) is 4.84. The first-order valence-electron chi connectivity index (χ1n) is 5.29. The molecule has 1 aliphatic carbocycles. The smallest absolute Gasteiger partial charge is 0.336 e. The molecule has 0 aromatic rings. The van der Waals surface area contributed by atoms with Gasteiger partial charge in [0.2, 0.25) is 0 Å². The summed E-state index contributed by atoms with van der Waals surface area (Å²) in [6.45, 7) is 0.374. The highest BCUT2D eigenvalue weighted by Crippen LogP contribution is 2.23. The van der Waals surface area contributed by atoms with Gasteiger partial charge in [0.25, 0.3) is 0 Å². The summed E-state index contributed by atoms with van der Waals surface area (Å²) in [6, 6.07) is 0. The number of aliphatic hydroxyl groups is 1. The predicted molar refractivity (Wildman–Crippen MR) is 52.6 cm³/mol. The van der Waals surface area contributed by atoms with Gasteiger partial charge in [-0.15, -0.1) is 0 Å². The van der Waals surface area contributed by atoms with Gasteiger partial charge < -0.3 is 15.6 Å². The number of ether oxygens (including phenoxy) is 1. The molecule has 14 heavy (non-hydrogen) atoms. The molecule has 0 unspecified atom stereocenters. The van der Waals surface area contributed by atoms with Crippen molar-refractivity contribution in [2.45, 2.75) is 38.2 Å². The van der Waals surface area contributed by atoms with Crippen molar-refractivity contribution in [2.24, 2.45) is 11.7 Å². The van der Waals surface area contributed by atoms with Gasteiger partial charge >= 0.3 is 5.97 Å². The number of esters is 1. The van der Waals surface area contributed by atoms with Crippen molar-refractivity contribution in [1.82, 2.24) is 0 Å². The van der Waals surface area contributed by atoms with E-state index < -0.39 is 12.1 Å². The summed E-state index contributed by atoms with van der Waals surface area (Å²) in [5.41, 5.74) is 5.13. The zero-order valence-electron chi connectivity index (χ0n) is 8.45. The minimum absolute atomic E-state index is 0.0660. The zero-order chi connectivity index (χ0) is 10.4. The quantitative estimate of drug-likeness (QED) is 0.647. The molecule has 0 aromatic carbocycles. The third kappa shape index (κ3) is 3.64. The molecule has 0 radical (unpaired) electrons. The van der Waals surface area contributed by atoms with Crippen molar-refractivity contribution in [3.63, 3.8) is 0 Å². The molecule has 0 amide bonds. The normalized spacial score (nSPS) is 20.4. The second-order valence-electron chi connectivity index (χ2n) is 3.89. The number of rotatable bonds is 4. The van der Waals surface area contributed by atoms with E-state index in [1.54, 1.807) is 0 Å². The first-order valence-corrected chi connectivity index (χ1v) is 5.29. The van der Waals surface area contributed by atoms with Crippen molar-refractivity contribution in [3.05, 3.63) is 0 Å². The van der Waals surface area contributed by atoms with Crippen molar-refractivity contribution in [1.29, 1.82) is 0 Å². The number of carbonyl (C=O) groups excluding carboxylic acids is 1. The molecule has 0 spiro atoms. The Balaban J connectivity index is 2.15. The highest BCUT2D eigenvalue weighted by atomic mass is 16.5. The Bertz CT molecular complexity index is 178. The van der Waals surface area contributed by atoms with E-state index in [0.29, 0.717) is 12.5 Å². The molecule has 1 fully saturated rings. The summed E-state index contributed by atoms with van der Waals surface area (Å²) in [5.74, 6) is -0.101. The van der Waals surface area contributed by atoms with Gasteiger partial charge in [-0.1, -0.05) is 19.3 Å². The average Bonchev–Trinajstić information content (AvgIpc) is 2.26. The molecule has 4 nitrogen and oxygen atoms in total. The van der Waals surface area contributed by atoms with Crippen LogP contribution < -0.4 is 5.73 Å². The van der Waals surface area contributed by atoms with Crippen molar-refractivity contribution in [3.8, 4) is 0 Å². The Morgan fingerprint density at radius 3 is 2.64 bits per heavy atom. The lowest BCUT2D eigenvalue weighted by Gasteiger charge is -2.21. The topological polar surface area (TPSA) is 72.5 Å². The summed E-state index contributed by atoms with van der Waals surface area (Å²) < 4.78 is 4.97. The van der Waals surface area contributed by atoms with Gasteiger partial charge in [-0.3, -0.25) is 0 Å². The Morgan fingerprint density at radius 2 is 2.07 bits per heavy atom. The van der Waals surface area contributed by atoms with E-state index in [0.717, 1.165) is 12.8 Å². The summed E-state index contributed by atoms with van der Waals surface area (Å²) >= 11 is 0. The van der Waals surface area contributed by atoms with Crippen LogP contribution >= 0.6 is 0 Å². The van der Waals surface area contributed by atoms with Crippen LogP contribution in [0.2, 0.25) is 0 Å². The Morgan fingerprint density at radius 1 is 1.43 bits per heavy atom. The van der Waals surface area contributed by atoms with Crippen LogP contribution in [-0.4, -0.2) is 30.3 Å². The van der Waals surface area contributed by atoms with Gasteiger partial charge in [-0.25, -0.2) is 4.79 Å². The van der Waals surface area contributed by atoms with Gasteiger partial charge in [-0.2, -0.15) is 0 Å². The van der Waals surface area contributed by atoms with Crippen LogP contribution in [0.15, 0.2) is 0 Å². The molecular formula is C10H19NO3. The molecule has 1 saturated carbocycles. The van der Waals surface area contributed by atoms with E-state index in [-0.39, 0.29) is 6.54 Å². The third-order valence-corrected chi connectivity index (χ3v) is 2.68. The van der Waals surface area contributed by atoms with Gasteiger partial charge in [0, 0.05) is 6.54 Å². The fraction of sp³-hybridized carbons (Fsp3) is 0.900. The maximum atomic E-state index is 11.1. The largest absolute Gasteiger partial charge is 0.463 e. The van der Waals surface area contributed by atoms with Crippen molar-refractivity contribution in [2.75, 3.05) is 13.2 Å². The third-order valence-electron chi connectivity index (χ3n) is 2.68. The maximum absolute atomic E-state index is 11.1. The van der Waals surface area contributed by atoms with E-state index >= 15 is 0 Å². The number of nitrogens with two attached hydrogens (primary N) is 1. The lowest BCUT2D eigenvalue weighted by atomic mass is 9.90. The molecule has 1 rings (SSSR count). The SMILES string of the molecule is NC[C@H](O)C(=O)OCC1CCCCC1. The molecule has 0 saturated heterocycles. The van der Waals surface area contributed by atoms with Crippen LogP contribution in [0.1, 0.15) is 32.1 Å². The summed E-state index contributed by atoms with van der Waals surface area (Å²) in [7, 11) is 0. The second kappa shape index (κ2) is 5.98. The lowest BCUT2D eigenvalue weighted by molar-refractivity contribution is -0.154. The lowest BCUT2D eigenvalue weighted by Crippen LogP contribution is -2.32. The number of carbonyl (C=O) groups is 1. The van der Waals surface area contributed by atoms with Crippen molar-refractivity contribution < 1.29 is 14.6 Å². The van der Waals surface area contributed by atoms with Crippen LogP contribution in [0, 0.1) is 5.92 Å². The van der Waals surface area contributed by atoms with E-state index in [1.807, 2.05) is 0 Å². The summed E-state index contributed by atoms with van der Waals surface area (Å²) in [5, 5.41) is 9.06. The molecule has 3 N–H and O–H groups in total. The highest BCUT2D eigenvalue weighted by molar-refractivity contribution is 5.74. The second-order valence-corrected chi connectivity index (χ2v) is 3.89. The van der Waals surface area contributed by atoms with E-state index in [2.05, 4.69) is 0 Å². The van der Waals surface area contributed by atoms with E-state index in [4.69, 9.17) is 15.6 Å². The number of aliphatic hydroxyl groups excluding tert-OH is 1. The van der Waals surface area contributed by atoms with Crippen LogP contribution in [0.5, 0.6) is 0 Å². The van der Waals surface area contributed by atoms with Crippen LogP contribution in [0.4, 0.5) is 0 Å². The fourth-order valence-electron chi connectivity index (χ4n) is 1.75. The number of hydrogen-bond acceptors (Lipinski definition) is 4. The predicted octanol–water partition coefficient (Wildman–Crippen LogP) is 0.429. The van der Waals surface area contributed by atoms with Crippen molar-refractivity contribution >= 4 is 5.97 Å². The molecule has 0 aliphatic heterocycles. The zero-order valence-corrected chi connectivity index (χ0v) is 8.45. The Kier molecular flexibility index (Phi) is 4.90. The average molecular weight is 201 g/mol. The van der Waals surface area contributed by atoms with Crippen LogP contribution in [0.3, 0.4) is 0 Å². The van der Waals surface area contributed by atoms with Gasteiger partial charge in [0.1, 0.15) is 0 Å². The van der Waals surface area contributed by atoms with E-state index in [1.165, 1.54) is 19.3 Å². The van der Waals surface area contributed by atoms with E-state index in [9.17, 15) is 4.79 Å². The minimum Gasteiger partial charge on any atom is -0.463 e. The molecule has 0 bridgehead atoms. The van der Waals surface area contributed by atoms with Crippen LogP contribution in [0.25, 0.3) is 0 Å². The van der Waals surface area contributed by atoms with Gasteiger partial charge in [0.15, 0.2) is 6.10 Å². The molecule has 1 aliphatic rings. The molecule has 0 heterocycles. The van der Waals surface area contributed by atoms with Gasteiger partial charge in [-0.05, 0) is 18.8 Å². The first-order chi connectivity index (χ1) is 6.74. The Hall–Kier alpha value is -0.610. The highest BCUT2D eigenvalue weighted by Gasteiger charge is 2.18. The minimum atomic E-state index is -1.15. The number of hydrogen-bond donors (Lipinski definition) is 2. The molecule has 82 valence electrons. The summed E-state index contributed by atoms with van der Waals surface area (Å²) in [4.78, 5) is 11.1. The first kappa shape index (κ1) is 11.5. The molecule has 0 aromatic heterocycles. The van der Waals surface area contributed by atoms with Crippen LogP contribution in [-0.2, 0) is 9.53 Å². The fourth-order valence-corrected chi connectivity index (χ4v) is 1.75. The van der Waals surface area contributed by atoms with Gasteiger partial charge in [0.05, 0.1) is 6.61 Å². The molecule has 4 heteroatoms.